The van der Waals surface area contributed by atoms with Crippen LogP contribution >= 0.6 is 0 Å². The second-order valence-corrected chi connectivity index (χ2v) is 2.92. The Morgan fingerprint density at radius 2 is 2.54 bits per heavy atom. The molecule has 0 bridgehead atoms. The van der Waals surface area contributed by atoms with Gasteiger partial charge in [0.15, 0.2) is 0 Å². The highest BCUT2D eigenvalue weighted by molar-refractivity contribution is 5.72. The molecule has 1 aromatic heterocycles. The summed E-state index contributed by atoms with van der Waals surface area (Å²) in [6, 6.07) is 1.31. The first-order valence-electron chi connectivity index (χ1n) is 4.04. The summed E-state index contributed by atoms with van der Waals surface area (Å²) in [5, 5.41) is 15.5. The third-order valence-corrected chi connectivity index (χ3v) is 1.73. The molecular formula is C8H13N3O2. The largest absolute Gasteiger partial charge is 0.480 e. The standard InChI is InChI=1S/C8H13N3O2/c1-6(8(12)13)9-5-7-3-4-11(2)10-7/h3-4,6,9H,5H2,1-2H3,(H,12,13)/t6-/m0/s1. The van der Waals surface area contributed by atoms with Crippen molar-refractivity contribution < 1.29 is 9.90 Å². The fourth-order valence-corrected chi connectivity index (χ4v) is 0.902. The third-order valence-electron chi connectivity index (χ3n) is 1.73. The van der Waals surface area contributed by atoms with Crippen LogP contribution in [0, 0.1) is 0 Å². The highest BCUT2D eigenvalue weighted by Crippen LogP contribution is 1.94. The van der Waals surface area contributed by atoms with Crippen molar-refractivity contribution in [1.29, 1.82) is 0 Å². The molecule has 2 N–H and O–H groups in total. The van der Waals surface area contributed by atoms with Crippen molar-refractivity contribution >= 4 is 5.97 Å². The molecular weight excluding hydrogens is 170 g/mol. The lowest BCUT2D eigenvalue weighted by molar-refractivity contribution is -0.139. The van der Waals surface area contributed by atoms with Gasteiger partial charge in [-0.15, -0.1) is 0 Å². The van der Waals surface area contributed by atoms with Gasteiger partial charge in [0.25, 0.3) is 0 Å². The number of carboxylic acid groups (broad SMARTS) is 1. The van der Waals surface area contributed by atoms with E-state index >= 15 is 0 Å². The highest BCUT2D eigenvalue weighted by Gasteiger charge is 2.09. The maximum atomic E-state index is 10.4. The zero-order valence-corrected chi connectivity index (χ0v) is 7.69. The van der Waals surface area contributed by atoms with Gasteiger partial charge in [0.2, 0.25) is 0 Å². The maximum absolute atomic E-state index is 10.4. The molecule has 0 aliphatic rings. The molecule has 0 saturated carbocycles. The molecule has 1 atom stereocenters. The van der Waals surface area contributed by atoms with E-state index in [-0.39, 0.29) is 0 Å². The zero-order chi connectivity index (χ0) is 9.84. The van der Waals surface area contributed by atoms with Crippen molar-refractivity contribution in [3.05, 3.63) is 18.0 Å². The summed E-state index contributed by atoms with van der Waals surface area (Å²) in [5.74, 6) is -0.851. The first-order chi connectivity index (χ1) is 6.09. The molecule has 5 nitrogen and oxygen atoms in total. The molecule has 0 aliphatic carbocycles. The van der Waals surface area contributed by atoms with Crippen LogP contribution in [0.25, 0.3) is 0 Å². The molecule has 0 spiro atoms. The summed E-state index contributed by atoms with van der Waals surface area (Å²) in [4.78, 5) is 10.4. The topological polar surface area (TPSA) is 67.2 Å². The highest BCUT2D eigenvalue weighted by atomic mass is 16.4. The fraction of sp³-hybridized carbons (Fsp3) is 0.500. The van der Waals surface area contributed by atoms with Crippen molar-refractivity contribution in [3.63, 3.8) is 0 Å². The van der Waals surface area contributed by atoms with Crippen LogP contribution in [-0.4, -0.2) is 26.9 Å². The van der Waals surface area contributed by atoms with Crippen LogP contribution in [0.3, 0.4) is 0 Å². The molecule has 0 radical (unpaired) electrons. The van der Waals surface area contributed by atoms with E-state index < -0.39 is 12.0 Å². The first kappa shape index (κ1) is 9.73. The number of aromatic nitrogens is 2. The van der Waals surface area contributed by atoms with Gasteiger partial charge in [-0.1, -0.05) is 0 Å². The minimum Gasteiger partial charge on any atom is -0.480 e. The van der Waals surface area contributed by atoms with Gasteiger partial charge in [-0.25, -0.2) is 0 Å². The summed E-state index contributed by atoms with van der Waals surface area (Å²) in [5.41, 5.74) is 0.843. The monoisotopic (exact) mass is 183 g/mol. The first-order valence-corrected chi connectivity index (χ1v) is 4.04. The summed E-state index contributed by atoms with van der Waals surface area (Å²) in [7, 11) is 1.82. The molecule has 1 aromatic rings. The number of aliphatic carboxylic acids is 1. The van der Waals surface area contributed by atoms with Gasteiger partial charge < -0.3 is 5.11 Å². The molecule has 5 heteroatoms. The van der Waals surface area contributed by atoms with Gasteiger partial charge in [-0.2, -0.15) is 5.10 Å². The van der Waals surface area contributed by atoms with Crippen LogP contribution in [0.1, 0.15) is 12.6 Å². The number of hydrogen-bond acceptors (Lipinski definition) is 3. The minimum atomic E-state index is -0.851. The molecule has 0 amide bonds. The van der Waals surface area contributed by atoms with Gasteiger partial charge in [0, 0.05) is 19.8 Å². The van der Waals surface area contributed by atoms with Crippen molar-refractivity contribution in [2.45, 2.75) is 19.5 Å². The van der Waals surface area contributed by atoms with E-state index in [9.17, 15) is 4.79 Å². The average molecular weight is 183 g/mol. The van der Waals surface area contributed by atoms with Crippen LogP contribution in [0.5, 0.6) is 0 Å². The zero-order valence-electron chi connectivity index (χ0n) is 7.69. The van der Waals surface area contributed by atoms with E-state index in [1.165, 1.54) is 0 Å². The fourth-order valence-electron chi connectivity index (χ4n) is 0.902. The van der Waals surface area contributed by atoms with Crippen molar-refractivity contribution in [1.82, 2.24) is 15.1 Å². The van der Waals surface area contributed by atoms with Gasteiger partial charge in [-0.05, 0) is 13.0 Å². The number of carbonyl (C=O) groups is 1. The summed E-state index contributed by atoms with van der Waals surface area (Å²) >= 11 is 0. The van der Waals surface area contributed by atoms with Crippen molar-refractivity contribution in [3.8, 4) is 0 Å². The molecule has 0 fully saturated rings. The quantitative estimate of drug-likeness (QED) is 0.688. The van der Waals surface area contributed by atoms with Gasteiger partial charge in [0.05, 0.1) is 5.69 Å². The number of carboxylic acids is 1. The lowest BCUT2D eigenvalue weighted by Crippen LogP contribution is -2.33. The Hall–Kier alpha value is -1.36. The Balaban J connectivity index is 2.39. The number of rotatable bonds is 4. The second-order valence-electron chi connectivity index (χ2n) is 2.92. The van der Waals surface area contributed by atoms with Crippen molar-refractivity contribution in [2.75, 3.05) is 0 Å². The molecule has 1 heterocycles. The maximum Gasteiger partial charge on any atom is 0.320 e. The predicted molar refractivity (Wildman–Crippen MR) is 47.1 cm³/mol. The van der Waals surface area contributed by atoms with E-state index in [1.54, 1.807) is 11.6 Å². The van der Waals surface area contributed by atoms with Gasteiger partial charge in [-0.3, -0.25) is 14.8 Å². The van der Waals surface area contributed by atoms with E-state index in [2.05, 4.69) is 10.4 Å². The van der Waals surface area contributed by atoms with Crippen LogP contribution in [-0.2, 0) is 18.4 Å². The molecule has 72 valence electrons. The van der Waals surface area contributed by atoms with Gasteiger partial charge in [0.1, 0.15) is 6.04 Å². The van der Waals surface area contributed by atoms with Gasteiger partial charge >= 0.3 is 5.97 Å². The van der Waals surface area contributed by atoms with Crippen LogP contribution < -0.4 is 5.32 Å². The van der Waals surface area contributed by atoms with E-state index in [0.717, 1.165) is 5.69 Å². The average Bonchev–Trinajstić information content (AvgIpc) is 2.47. The SMILES string of the molecule is C[C@H](NCc1ccn(C)n1)C(=O)O. The van der Waals surface area contributed by atoms with Crippen molar-refractivity contribution in [2.24, 2.45) is 7.05 Å². The normalized spacial score (nSPS) is 12.8. The molecule has 0 aromatic carbocycles. The van der Waals surface area contributed by atoms with E-state index in [0.29, 0.717) is 6.54 Å². The number of nitrogens with one attached hydrogen (secondary N) is 1. The summed E-state index contributed by atoms with van der Waals surface area (Å²) in [6.45, 7) is 2.08. The number of hydrogen-bond donors (Lipinski definition) is 2. The molecule has 1 rings (SSSR count). The summed E-state index contributed by atoms with van der Waals surface area (Å²) < 4.78 is 1.68. The lowest BCUT2D eigenvalue weighted by atomic mass is 10.3. The van der Waals surface area contributed by atoms with Crippen LogP contribution in [0.15, 0.2) is 12.3 Å². The minimum absolute atomic E-state index is 0.480. The second kappa shape index (κ2) is 4.04. The Morgan fingerprint density at radius 3 is 3.00 bits per heavy atom. The number of nitrogens with zero attached hydrogens (tertiary/aromatic N) is 2. The predicted octanol–water partition coefficient (Wildman–Crippen LogP) is -0.0172. The molecule has 0 unspecified atom stereocenters. The van der Waals surface area contributed by atoms with Crippen LogP contribution in [0.4, 0.5) is 0 Å². The molecule has 0 aliphatic heterocycles. The molecule has 0 saturated heterocycles. The smallest absolute Gasteiger partial charge is 0.320 e. The van der Waals surface area contributed by atoms with Crippen LogP contribution in [0.2, 0.25) is 0 Å². The Labute approximate surface area is 76.4 Å². The summed E-state index contributed by atoms with van der Waals surface area (Å²) in [6.07, 6.45) is 1.82. The Kier molecular flexibility index (Phi) is 3.02. The lowest BCUT2D eigenvalue weighted by Gasteiger charge is -2.06. The van der Waals surface area contributed by atoms with E-state index in [4.69, 9.17) is 5.11 Å². The molecule has 13 heavy (non-hydrogen) atoms. The third kappa shape index (κ3) is 2.87. The Morgan fingerprint density at radius 1 is 1.85 bits per heavy atom. The Bertz CT molecular complexity index is 295. The number of aryl methyl sites for hydroxylation is 1. The van der Waals surface area contributed by atoms with E-state index in [1.807, 2.05) is 19.3 Å².